The number of rotatable bonds is 3. The third kappa shape index (κ3) is 4.12. The summed E-state index contributed by atoms with van der Waals surface area (Å²) in [7, 11) is 2.19. The van der Waals surface area contributed by atoms with Crippen molar-refractivity contribution in [1.29, 1.82) is 0 Å². The van der Waals surface area contributed by atoms with Gasteiger partial charge in [-0.05, 0) is 36.5 Å². The molecule has 0 amide bonds. The molecule has 0 bridgehead atoms. The summed E-state index contributed by atoms with van der Waals surface area (Å²) in [4.78, 5) is 7.30. The van der Waals surface area contributed by atoms with Gasteiger partial charge < -0.3 is 4.90 Å². The number of pyridine rings is 1. The highest BCUT2D eigenvalue weighted by Crippen LogP contribution is 2.31. The fourth-order valence-electron chi connectivity index (χ4n) is 3.15. The van der Waals surface area contributed by atoms with Gasteiger partial charge in [-0.3, -0.25) is 0 Å². The Morgan fingerprint density at radius 1 is 1.29 bits per heavy atom. The van der Waals surface area contributed by atoms with Gasteiger partial charge in [0.05, 0.1) is 0 Å². The lowest BCUT2D eigenvalue weighted by atomic mass is 9.86. The Bertz CT molecular complexity index is 479. The van der Waals surface area contributed by atoms with Crippen molar-refractivity contribution in [2.45, 2.75) is 70.7 Å². The van der Waals surface area contributed by atoms with E-state index in [0.717, 1.165) is 17.4 Å². The SMILES string of the molecule is CC1CCCC(N(C)c2cc(CCl)cc(C(C)(C)C)n2)C1. The predicted molar refractivity (Wildman–Crippen MR) is 92.3 cm³/mol. The van der Waals surface area contributed by atoms with Crippen LogP contribution >= 0.6 is 11.6 Å². The van der Waals surface area contributed by atoms with E-state index >= 15 is 0 Å². The minimum Gasteiger partial charge on any atom is -0.357 e. The monoisotopic (exact) mass is 308 g/mol. The lowest BCUT2D eigenvalue weighted by molar-refractivity contribution is 0.335. The van der Waals surface area contributed by atoms with Crippen LogP contribution in [-0.4, -0.2) is 18.1 Å². The summed E-state index contributed by atoms with van der Waals surface area (Å²) in [6.45, 7) is 8.99. The Labute approximate surface area is 134 Å². The molecule has 3 heteroatoms. The molecule has 0 aliphatic heterocycles. The fraction of sp³-hybridized carbons (Fsp3) is 0.722. The van der Waals surface area contributed by atoms with Gasteiger partial charge in [-0.25, -0.2) is 4.98 Å². The number of nitrogens with zero attached hydrogens (tertiary/aromatic N) is 2. The van der Waals surface area contributed by atoms with Gasteiger partial charge >= 0.3 is 0 Å². The van der Waals surface area contributed by atoms with E-state index in [0.29, 0.717) is 11.9 Å². The van der Waals surface area contributed by atoms with E-state index in [1.807, 2.05) is 0 Å². The molecule has 118 valence electrons. The van der Waals surface area contributed by atoms with Crippen LogP contribution in [0.5, 0.6) is 0 Å². The summed E-state index contributed by atoms with van der Waals surface area (Å²) in [5.74, 6) is 2.45. The molecule has 1 aromatic rings. The molecule has 0 aromatic carbocycles. The molecule has 0 N–H and O–H groups in total. The molecule has 1 aliphatic rings. The van der Waals surface area contributed by atoms with Gasteiger partial charge in [-0.1, -0.05) is 40.5 Å². The minimum atomic E-state index is 0.0531. The predicted octanol–water partition coefficient (Wildman–Crippen LogP) is 5.13. The Morgan fingerprint density at radius 2 is 2.00 bits per heavy atom. The lowest BCUT2D eigenvalue weighted by Crippen LogP contribution is -2.36. The lowest BCUT2D eigenvalue weighted by Gasteiger charge is -2.35. The van der Waals surface area contributed by atoms with E-state index in [-0.39, 0.29) is 5.41 Å². The second kappa shape index (κ2) is 6.56. The standard InChI is InChI=1S/C18H29ClN2/c1-13-7-6-8-15(9-13)21(5)17-11-14(12-19)10-16(20-17)18(2,3)4/h10-11,13,15H,6-9,12H2,1-5H3. The first-order valence-electron chi connectivity index (χ1n) is 8.11. The van der Waals surface area contributed by atoms with Gasteiger partial charge in [0.1, 0.15) is 5.82 Å². The average molecular weight is 309 g/mol. The summed E-state index contributed by atoms with van der Waals surface area (Å²) in [5.41, 5.74) is 2.35. The molecule has 2 unspecified atom stereocenters. The van der Waals surface area contributed by atoms with E-state index < -0.39 is 0 Å². The van der Waals surface area contributed by atoms with E-state index in [2.05, 4.69) is 51.8 Å². The van der Waals surface area contributed by atoms with Gasteiger partial charge in [0.15, 0.2) is 0 Å². The maximum absolute atomic E-state index is 6.09. The third-order valence-corrected chi connectivity index (χ3v) is 4.92. The Balaban J connectivity index is 2.29. The molecule has 1 fully saturated rings. The summed E-state index contributed by atoms with van der Waals surface area (Å²) in [5, 5.41) is 0. The molecule has 2 atom stereocenters. The highest BCUT2D eigenvalue weighted by molar-refractivity contribution is 6.17. The van der Waals surface area contributed by atoms with Crippen molar-refractivity contribution in [3.8, 4) is 0 Å². The Morgan fingerprint density at radius 3 is 2.57 bits per heavy atom. The second-order valence-electron chi connectivity index (χ2n) is 7.64. The molecule has 1 saturated carbocycles. The molecule has 2 rings (SSSR count). The Hall–Kier alpha value is -0.760. The average Bonchev–Trinajstić information content (AvgIpc) is 2.45. The molecule has 1 heterocycles. The van der Waals surface area contributed by atoms with Crippen LogP contribution in [0.2, 0.25) is 0 Å². The van der Waals surface area contributed by atoms with Crippen LogP contribution in [-0.2, 0) is 11.3 Å². The van der Waals surface area contributed by atoms with Crippen LogP contribution in [0.15, 0.2) is 12.1 Å². The molecule has 1 aliphatic carbocycles. The van der Waals surface area contributed by atoms with Gasteiger partial charge in [0.25, 0.3) is 0 Å². The van der Waals surface area contributed by atoms with E-state index in [9.17, 15) is 0 Å². The quantitative estimate of drug-likeness (QED) is 0.719. The topological polar surface area (TPSA) is 16.1 Å². The smallest absolute Gasteiger partial charge is 0.129 e. The van der Waals surface area contributed by atoms with Crippen LogP contribution in [0.4, 0.5) is 5.82 Å². The summed E-state index contributed by atoms with van der Waals surface area (Å²) in [6.07, 6.45) is 5.25. The normalized spacial score (nSPS) is 23.1. The van der Waals surface area contributed by atoms with Crippen molar-refractivity contribution in [1.82, 2.24) is 4.98 Å². The molecule has 0 radical (unpaired) electrons. The van der Waals surface area contributed by atoms with Gasteiger partial charge in [-0.2, -0.15) is 0 Å². The number of hydrogen-bond donors (Lipinski definition) is 0. The van der Waals surface area contributed by atoms with E-state index in [1.54, 1.807) is 0 Å². The van der Waals surface area contributed by atoms with Crippen LogP contribution in [0.3, 0.4) is 0 Å². The molecule has 21 heavy (non-hydrogen) atoms. The highest BCUT2D eigenvalue weighted by atomic mass is 35.5. The van der Waals surface area contributed by atoms with Crippen molar-refractivity contribution in [3.05, 3.63) is 23.4 Å². The van der Waals surface area contributed by atoms with Gasteiger partial charge in [-0.15, -0.1) is 11.6 Å². The molecule has 0 spiro atoms. The molecular formula is C18H29ClN2. The molecular weight excluding hydrogens is 280 g/mol. The Kier molecular flexibility index (Phi) is 5.19. The van der Waals surface area contributed by atoms with E-state index in [4.69, 9.17) is 16.6 Å². The second-order valence-corrected chi connectivity index (χ2v) is 7.91. The third-order valence-electron chi connectivity index (χ3n) is 4.61. The molecule has 1 aromatic heterocycles. The number of aromatic nitrogens is 1. The number of halogens is 1. The van der Waals surface area contributed by atoms with Crippen LogP contribution in [0.25, 0.3) is 0 Å². The van der Waals surface area contributed by atoms with Crippen molar-refractivity contribution < 1.29 is 0 Å². The van der Waals surface area contributed by atoms with Gasteiger partial charge in [0.2, 0.25) is 0 Å². The fourth-order valence-corrected chi connectivity index (χ4v) is 3.31. The number of hydrogen-bond acceptors (Lipinski definition) is 2. The number of anilines is 1. The van der Waals surface area contributed by atoms with Crippen molar-refractivity contribution >= 4 is 17.4 Å². The maximum atomic E-state index is 6.09. The molecule has 0 saturated heterocycles. The van der Waals surface area contributed by atoms with Crippen LogP contribution in [0.1, 0.15) is 64.6 Å². The zero-order valence-electron chi connectivity index (χ0n) is 14.1. The van der Waals surface area contributed by atoms with Crippen molar-refractivity contribution in [2.24, 2.45) is 5.92 Å². The maximum Gasteiger partial charge on any atom is 0.129 e. The zero-order valence-corrected chi connectivity index (χ0v) is 14.9. The summed E-state index contributed by atoms with van der Waals surface area (Å²) in [6, 6.07) is 4.91. The molecule has 2 nitrogen and oxygen atoms in total. The first kappa shape index (κ1) is 16.6. The minimum absolute atomic E-state index is 0.0531. The largest absolute Gasteiger partial charge is 0.357 e. The number of alkyl halides is 1. The van der Waals surface area contributed by atoms with Crippen LogP contribution in [0, 0.1) is 5.92 Å². The zero-order chi connectivity index (χ0) is 15.6. The first-order chi connectivity index (χ1) is 9.81. The highest BCUT2D eigenvalue weighted by Gasteiger charge is 2.25. The summed E-state index contributed by atoms with van der Waals surface area (Å²) < 4.78 is 0. The first-order valence-corrected chi connectivity index (χ1v) is 8.65. The van der Waals surface area contributed by atoms with Crippen LogP contribution < -0.4 is 4.90 Å². The summed E-state index contributed by atoms with van der Waals surface area (Å²) >= 11 is 6.09. The van der Waals surface area contributed by atoms with Gasteiger partial charge in [0, 0.05) is 30.1 Å². The van der Waals surface area contributed by atoms with E-state index in [1.165, 1.54) is 31.2 Å². The van der Waals surface area contributed by atoms with Crippen molar-refractivity contribution in [3.63, 3.8) is 0 Å². The van der Waals surface area contributed by atoms with Crippen molar-refractivity contribution in [2.75, 3.05) is 11.9 Å².